The Hall–Kier alpha value is -0.170. The number of carbonyl (C=O) groups excluding carboxylic acids is 1. The van der Waals surface area contributed by atoms with Crippen LogP contribution in [-0.4, -0.2) is 39.7 Å². The zero-order chi connectivity index (χ0) is 17.8. The normalized spacial score (nSPS) is 27.5. The molecule has 2 nitrogen and oxygen atoms in total. The highest BCUT2D eigenvalue weighted by atomic mass is 32.2. The summed E-state index contributed by atoms with van der Waals surface area (Å²) in [5.41, 5.74) is 2.25. The molecule has 26 heavy (non-hydrogen) atoms. The van der Waals surface area contributed by atoms with Gasteiger partial charge in [0.2, 0.25) is 0 Å². The molecule has 3 aliphatic rings. The highest BCUT2D eigenvalue weighted by Crippen LogP contribution is 2.51. The maximum absolute atomic E-state index is 12.6. The van der Waals surface area contributed by atoms with Gasteiger partial charge in [0.1, 0.15) is 6.10 Å². The molecule has 2 aliphatic heterocycles. The third kappa shape index (κ3) is 4.45. The van der Waals surface area contributed by atoms with Gasteiger partial charge in [-0.3, -0.25) is 0 Å². The molecule has 1 aromatic rings. The summed E-state index contributed by atoms with van der Waals surface area (Å²) in [6.45, 7) is 0. The van der Waals surface area contributed by atoms with Crippen LogP contribution in [0.25, 0.3) is 0 Å². The van der Waals surface area contributed by atoms with Gasteiger partial charge in [0.15, 0.2) is 0 Å². The molecule has 0 unspecified atom stereocenters. The van der Waals surface area contributed by atoms with Crippen molar-refractivity contribution in [2.45, 2.75) is 36.4 Å². The largest absolute Gasteiger partial charge is 0.458 e. The van der Waals surface area contributed by atoms with Crippen molar-refractivity contribution in [2.24, 2.45) is 5.92 Å². The molecule has 1 aromatic carbocycles. The van der Waals surface area contributed by atoms with Gasteiger partial charge in [0.05, 0.1) is 10.1 Å². The summed E-state index contributed by atoms with van der Waals surface area (Å²) in [7, 11) is 0. The minimum Gasteiger partial charge on any atom is -0.458 e. The third-order valence-electron chi connectivity index (χ3n) is 4.93. The molecule has 140 valence electrons. The lowest BCUT2D eigenvalue weighted by Gasteiger charge is -2.32. The van der Waals surface area contributed by atoms with Gasteiger partial charge in [-0.1, -0.05) is 18.2 Å². The van der Waals surface area contributed by atoms with E-state index in [-0.39, 0.29) is 12.1 Å². The summed E-state index contributed by atoms with van der Waals surface area (Å²) in [6, 6.07) is 9.44. The molecule has 2 saturated heterocycles. The lowest BCUT2D eigenvalue weighted by atomic mass is 10.0. The van der Waals surface area contributed by atoms with Crippen LogP contribution in [0.5, 0.6) is 0 Å². The molecule has 3 fully saturated rings. The lowest BCUT2D eigenvalue weighted by Crippen LogP contribution is -2.31. The molecule has 1 saturated carbocycles. The van der Waals surface area contributed by atoms with Crippen molar-refractivity contribution in [2.75, 3.05) is 23.0 Å². The van der Waals surface area contributed by atoms with E-state index in [9.17, 15) is 4.79 Å². The van der Waals surface area contributed by atoms with Gasteiger partial charge in [-0.05, 0) is 66.4 Å². The number of hydrogen-bond donors (Lipinski definition) is 0. The topological polar surface area (TPSA) is 26.3 Å². The van der Waals surface area contributed by atoms with Crippen molar-refractivity contribution in [1.82, 2.24) is 0 Å². The average Bonchev–Trinajstić information content (AvgIpc) is 3.13. The Kier molecular flexibility index (Phi) is 6.89. The Morgan fingerprint density at radius 3 is 2.38 bits per heavy atom. The summed E-state index contributed by atoms with van der Waals surface area (Å²) >= 11 is 8.21. The molecule has 0 N–H and O–H groups in total. The molecule has 0 bridgehead atoms. The van der Waals surface area contributed by atoms with Crippen LogP contribution in [0, 0.1) is 5.92 Å². The Labute approximate surface area is 173 Å². The standard InChI is InChI=1S/C20H24O2S4/c21-18(14-6-2-1-3-7-14)22-16-9-8-15(19-23-10-4-11-24-19)17(16)20-25-12-5-13-26-20/h1-3,6-7,16-17,20H,4-5,8-13H2/t16-,17+/m0/s1. The average molecular weight is 425 g/mol. The molecule has 0 aromatic heterocycles. The fourth-order valence-electron chi connectivity index (χ4n) is 3.69. The van der Waals surface area contributed by atoms with Gasteiger partial charge in [0, 0.05) is 10.2 Å². The second kappa shape index (κ2) is 9.35. The first-order chi connectivity index (χ1) is 12.8. The van der Waals surface area contributed by atoms with Crippen LogP contribution < -0.4 is 0 Å². The summed E-state index contributed by atoms with van der Waals surface area (Å²) in [5, 5.41) is 0. The first-order valence-corrected chi connectivity index (χ1v) is 13.4. The molecule has 2 heterocycles. The Balaban J connectivity index is 1.55. The van der Waals surface area contributed by atoms with Gasteiger partial charge < -0.3 is 4.74 Å². The lowest BCUT2D eigenvalue weighted by molar-refractivity contribution is 0.0242. The number of ether oxygens (including phenoxy) is 1. The number of hydrogen-bond acceptors (Lipinski definition) is 6. The van der Waals surface area contributed by atoms with Gasteiger partial charge in [0.25, 0.3) is 0 Å². The predicted octanol–water partition coefficient (Wildman–Crippen LogP) is 5.90. The number of rotatable bonds is 3. The van der Waals surface area contributed by atoms with Crippen LogP contribution in [0.1, 0.15) is 36.0 Å². The zero-order valence-corrected chi connectivity index (χ0v) is 18.0. The molecule has 0 spiro atoms. The third-order valence-corrected chi connectivity index (χ3v) is 10.8. The van der Waals surface area contributed by atoms with E-state index in [0.717, 1.165) is 12.8 Å². The van der Waals surface area contributed by atoms with Crippen LogP contribution in [0.15, 0.2) is 40.1 Å². The van der Waals surface area contributed by atoms with Crippen molar-refractivity contribution in [3.63, 3.8) is 0 Å². The number of thioether (sulfide) groups is 4. The maximum Gasteiger partial charge on any atom is 0.338 e. The predicted molar refractivity (Wildman–Crippen MR) is 118 cm³/mol. The summed E-state index contributed by atoms with van der Waals surface area (Å²) in [5.74, 6) is 5.15. The van der Waals surface area contributed by atoms with E-state index in [1.807, 2.05) is 53.9 Å². The van der Waals surface area contributed by atoms with Gasteiger partial charge in [-0.25, -0.2) is 4.79 Å². The summed E-state index contributed by atoms with van der Waals surface area (Å²) < 4.78 is 8.13. The fraction of sp³-hybridized carbons (Fsp3) is 0.550. The molecule has 0 radical (unpaired) electrons. The second-order valence-electron chi connectivity index (χ2n) is 6.70. The van der Waals surface area contributed by atoms with E-state index >= 15 is 0 Å². The number of benzene rings is 1. The van der Waals surface area contributed by atoms with Crippen molar-refractivity contribution in [1.29, 1.82) is 0 Å². The first-order valence-electron chi connectivity index (χ1n) is 9.31. The highest BCUT2D eigenvalue weighted by Gasteiger charge is 2.42. The molecule has 2 atom stereocenters. The minimum absolute atomic E-state index is 0.0245. The Morgan fingerprint density at radius 2 is 1.65 bits per heavy atom. The summed E-state index contributed by atoms with van der Waals surface area (Å²) in [6.07, 6.45) is 4.68. The van der Waals surface area contributed by atoms with Gasteiger partial charge in [-0.15, -0.1) is 47.0 Å². The first kappa shape index (κ1) is 19.2. The van der Waals surface area contributed by atoms with E-state index in [1.165, 1.54) is 40.1 Å². The SMILES string of the molecule is O=C(O[C@H]1CCC(=C2SCCCS2)[C@H]1C1SCCCS1)c1ccccc1. The zero-order valence-electron chi connectivity index (χ0n) is 14.7. The van der Waals surface area contributed by atoms with Crippen molar-refractivity contribution in [3.05, 3.63) is 45.7 Å². The Morgan fingerprint density at radius 1 is 0.962 bits per heavy atom. The van der Waals surface area contributed by atoms with Crippen LogP contribution >= 0.6 is 47.0 Å². The maximum atomic E-state index is 12.6. The highest BCUT2D eigenvalue weighted by molar-refractivity contribution is 8.22. The van der Waals surface area contributed by atoms with Crippen LogP contribution in [0.2, 0.25) is 0 Å². The Bertz CT molecular complexity index is 647. The van der Waals surface area contributed by atoms with E-state index in [1.54, 1.807) is 5.57 Å². The molecular formula is C20H24O2S4. The molecular weight excluding hydrogens is 400 g/mol. The monoisotopic (exact) mass is 424 g/mol. The van der Waals surface area contributed by atoms with Crippen LogP contribution in [0.4, 0.5) is 0 Å². The minimum atomic E-state index is -0.165. The molecule has 6 heteroatoms. The summed E-state index contributed by atoms with van der Waals surface area (Å²) in [4.78, 5) is 12.6. The second-order valence-corrected chi connectivity index (χ2v) is 12.0. The van der Waals surface area contributed by atoms with E-state index in [4.69, 9.17) is 4.74 Å². The molecule has 0 amide bonds. The molecule has 4 rings (SSSR count). The van der Waals surface area contributed by atoms with Crippen LogP contribution in [0.3, 0.4) is 0 Å². The van der Waals surface area contributed by atoms with E-state index in [0.29, 0.717) is 16.1 Å². The quantitative estimate of drug-likeness (QED) is 0.561. The van der Waals surface area contributed by atoms with E-state index < -0.39 is 0 Å². The van der Waals surface area contributed by atoms with Crippen LogP contribution in [-0.2, 0) is 4.74 Å². The van der Waals surface area contributed by atoms with Gasteiger partial charge in [-0.2, -0.15) is 0 Å². The number of esters is 1. The van der Waals surface area contributed by atoms with E-state index in [2.05, 4.69) is 23.5 Å². The van der Waals surface area contributed by atoms with Crippen molar-refractivity contribution < 1.29 is 9.53 Å². The molecule has 1 aliphatic carbocycles. The van der Waals surface area contributed by atoms with Crippen molar-refractivity contribution >= 4 is 53.0 Å². The smallest absolute Gasteiger partial charge is 0.338 e. The van der Waals surface area contributed by atoms with Crippen molar-refractivity contribution in [3.8, 4) is 0 Å². The fourth-order valence-corrected chi connectivity index (χ4v) is 9.82. The number of carbonyl (C=O) groups is 1. The van der Waals surface area contributed by atoms with Gasteiger partial charge >= 0.3 is 5.97 Å².